The first-order chi connectivity index (χ1) is 8.40. The number of nitrogens with one attached hydrogen (secondary N) is 1. The highest BCUT2D eigenvalue weighted by Gasteiger charge is 2.37. The van der Waals surface area contributed by atoms with E-state index in [4.69, 9.17) is 4.74 Å². The number of alkyl halides is 3. The summed E-state index contributed by atoms with van der Waals surface area (Å²) < 4.78 is 43.4. The second-order valence-electron chi connectivity index (χ2n) is 3.86. The molecule has 0 aliphatic rings. The third kappa shape index (κ3) is 1.73. The Bertz CT molecular complexity index is 614. The summed E-state index contributed by atoms with van der Waals surface area (Å²) in [6.07, 6.45) is -4.39. The molecule has 0 unspecified atom stereocenters. The SMILES string of the molecule is COc1ccc(C)c2c(C=O)c(C(F)(F)F)[nH]c12. The smallest absolute Gasteiger partial charge is 0.431 e. The molecule has 1 aromatic carbocycles. The third-order valence-corrected chi connectivity index (χ3v) is 2.79. The second-order valence-corrected chi connectivity index (χ2v) is 3.86. The Hall–Kier alpha value is -1.98. The van der Waals surface area contributed by atoms with Gasteiger partial charge in [0.2, 0.25) is 0 Å². The van der Waals surface area contributed by atoms with Crippen molar-refractivity contribution >= 4 is 17.2 Å². The molecule has 1 heterocycles. The number of hydrogen-bond donors (Lipinski definition) is 1. The summed E-state index contributed by atoms with van der Waals surface area (Å²) in [5, 5.41) is 0.247. The number of hydrogen-bond acceptors (Lipinski definition) is 2. The lowest BCUT2D eigenvalue weighted by molar-refractivity contribution is -0.140. The van der Waals surface area contributed by atoms with Crippen LogP contribution in [0.2, 0.25) is 0 Å². The summed E-state index contributed by atoms with van der Waals surface area (Å²) >= 11 is 0. The molecule has 18 heavy (non-hydrogen) atoms. The fourth-order valence-corrected chi connectivity index (χ4v) is 1.99. The molecule has 2 aromatic rings. The number of carbonyl (C=O) groups is 1. The van der Waals surface area contributed by atoms with Crippen LogP contribution in [-0.2, 0) is 6.18 Å². The molecule has 0 atom stereocenters. The van der Waals surface area contributed by atoms with E-state index in [1.54, 1.807) is 19.1 Å². The first-order valence-electron chi connectivity index (χ1n) is 5.11. The zero-order valence-electron chi connectivity index (χ0n) is 9.68. The minimum atomic E-state index is -4.60. The standard InChI is InChI=1S/C12H10F3NO2/c1-6-3-4-8(18-2)10-9(6)7(5-17)11(16-10)12(13,14)15/h3-5,16H,1-2H3. The van der Waals surface area contributed by atoms with Crippen molar-refractivity contribution in [1.29, 1.82) is 0 Å². The van der Waals surface area contributed by atoms with Crippen LogP contribution < -0.4 is 4.74 Å². The van der Waals surface area contributed by atoms with Gasteiger partial charge in [0.1, 0.15) is 11.4 Å². The van der Waals surface area contributed by atoms with Gasteiger partial charge in [0.15, 0.2) is 6.29 Å². The average molecular weight is 257 g/mol. The number of carbonyl (C=O) groups excluding carboxylic acids is 1. The van der Waals surface area contributed by atoms with Crippen LogP contribution in [-0.4, -0.2) is 18.4 Å². The number of aromatic nitrogens is 1. The molecular weight excluding hydrogens is 247 g/mol. The van der Waals surface area contributed by atoms with Crippen LogP contribution in [0.3, 0.4) is 0 Å². The number of methoxy groups -OCH3 is 1. The second kappa shape index (κ2) is 4.04. The number of benzene rings is 1. The Morgan fingerprint density at radius 3 is 2.50 bits per heavy atom. The zero-order chi connectivity index (χ0) is 13.5. The Kier molecular flexibility index (Phi) is 2.80. The topological polar surface area (TPSA) is 42.1 Å². The molecule has 96 valence electrons. The molecule has 0 saturated heterocycles. The molecule has 6 heteroatoms. The first-order valence-corrected chi connectivity index (χ1v) is 5.11. The normalized spacial score (nSPS) is 11.8. The van der Waals surface area contributed by atoms with Crippen LogP contribution in [0, 0.1) is 6.92 Å². The average Bonchev–Trinajstić information content (AvgIpc) is 2.69. The van der Waals surface area contributed by atoms with Gasteiger partial charge in [0, 0.05) is 5.39 Å². The van der Waals surface area contributed by atoms with E-state index in [0.29, 0.717) is 5.56 Å². The van der Waals surface area contributed by atoms with Gasteiger partial charge in [-0.3, -0.25) is 4.79 Å². The Morgan fingerprint density at radius 2 is 2.00 bits per heavy atom. The first kappa shape index (κ1) is 12.5. The number of fused-ring (bicyclic) bond motifs is 1. The van der Waals surface area contributed by atoms with E-state index in [1.165, 1.54) is 7.11 Å². The summed E-state index contributed by atoms with van der Waals surface area (Å²) in [4.78, 5) is 13.2. The lowest BCUT2D eigenvalue weighted by atomic mass is 10.1. The Labute approximate surface area is 101 Å². The highest BCUT2D eigenvalue weighted by atomic mass is 19.4. The molecular formula is C12H10F3NO2. The molecule has 0 bridgehead atoms. The minimum absolute atomic E-state index is 0.187. The molecule has 3 nitrogen and oxygen atoms in total. The number of aryl methyl sites for hydroxylation is 1. The zero-order valence-corrected chi connectivity index (χ0v) is 9.68. The molecule has 1 N–H and O–H groups in total. The van der Waals surface area contributed by atoms with Gasteiger partial charge in [-0.1, -0.05) is 6.07 Å². The van der Waals surface area contributed by atoms with E-state index in [1.807, 2.05) is 0 Å². The van der Waals surface area contributed by atoms with Gasteiger partial charge in [0.05, 0.1) is 18.2 Å². The quantitative estimate of drug-likeness (QED) is 0.838. The molecule has 1 aromatic heterocycles. The summed E-state index contributed by atoms with van der Waals surface area (Å²) in [6, 6.07) is 3.17. The molecule has 0 aliphatic carbocycles. The van der Waals surface area contributed by atoms with E-state index in [0.717, 1.165) is 0 Å². The van der Waals surface area contributed by atoms with Gasteiger partial charge in [-0.15, -0.1) is 0 Å². The summed E-state index contributed by atoms with van der Waals surface area (Å²) in [7, 11) is 1.36. The summed E-state index contributed by atoms with van der Waals surface area (Å²) in [6.45, 7) is 1.64. The number of aromatic amines is 1. The van der Waals surface area contributed by atoms with Crippen molar-refractivity contribution in [1.82, 2.24) is 4.98 Å². The van der Waals surface area contributed by atoms with E-state index in [9.17, 15) is 18.0 Å². The van der Waals surface area contributed by atoms with E-state index >= 15 is 0 Å². The molecule has 0 radical (unpaired) electrons. The summed E-state index contributed by atoms with van der Waals surface area (Å²) in [5.41, 5.74) is -0.652. The van der Waals surface area contributed by atoms with Crippen molar-refractivity contribution in [3.8, 4) is 5.75 Å². The maximum absolute atomic E-state index is 12.8. The highest BCUT2D eigenvalue weighted by Crippen LogP contribution is 2.38. The van der Waals surface area contributed by atoms with Crippen molar-refractivity contribution in [2.75, 3.05) is 7.11 Å². The minimum Gasteiger partial charge on any atom is -0.495 e. The van der Waals surface area contributed by atoms with E-state index < -0.39 is 11.9 Å². The van der Waals surface area contributed by atoms with Crippen LogP contribution in [0.25, 0.3) is 10.9 Å². The number of halogens is 3. The van der Waals surface area contributed by atoms with Crippen LogP contribution in [0.5, 0.6) is 5.75 Å². The maximum Gasteiger partial charge on any atom is 0.431 e. The van der Waals surface area contributed by atoms with Gasteiger partial charge in [-0.2, -0.15) is 13.2 Å². The predicted molar refractivity (Wildman–Crippen MR) is 60.0 cm³/mol. The Balaban J connectivity index is 2.92. The third-order valence-electron chi connectivity index (χ3n) is 2.79. The lowest BCUT2D eigenvalue weighted by Crippen LogP contribution is -2.08. The number of ether oxygens (including phenoxy) is 1. The number of rotatable bonds is 2. The summed E-state index contributed by atoms with van der Waals surface area (Å²) in [5.74, 6) is 0.272. The molecule has 0 aliphatic heterocycles. The van der Waals surface area contributed by atoms with Crippen molar-refractivity contribution in [2.45, 2.75) is 13.1 Å². The molecule has 0 saturated carbocycles. The van der Waals surface area contributed by atoms with Crippen LogP contribution in [0.4, 0.5) is 13.2 Å². The van der Waals surface area contributed by atoms with Gasteiger partial charge < -0.3 is 9.72 Å². The highest BCUT2D eigenvalue weighted by molar-refractivity contribution is 6.03. The van der Waals surface area contributed by atoms with Crippen molar-refractivity contribution in [2.24, 2.45) is 0 Å². The largest absolute Gasteiger partial charge is 0.495 e. The Morgan fingerprint density at radius 1 is 1.33 bits per heavy atom. The van der Waals surface area contributed by atoms with Gasteiger partial charge in [0.25, 0.3) is 0 Å². The van der Waals surface area contributed by atoms with Crippen molar-refractivity contribution in [3.05, 3.63) is 29.0 Å². The van der Waals surface area contributed by atoms with Crippen LogP contribution in [0.1, 0.15) is 21.6 Å². The predicted octanol–water partition coefficient (Wildman–Crippen LogP) is 3.32. The van der Waals surface area contributed by atoms with E-state index in [2.05, 4.69) is 4.98 Å². The van der Waals surface area contributed by atoms with Crippen LogP contribution in [0.15, 0.2) is 12.1 Å². The monoisotopic (exact) mass is 257 g/mol. The van der Waals surface area contributed by atoms with Gasteiger partial charge in [-0.05, 0) is 18.6 Å². The van der Waals surface area contributed by atoms with Crippen molar-refractivity contribution in [3.63, 3.8) is 0 Å². The van der Waals surface area contributed by atoms with Gasteiger partial charge >= 0.3 is 6.18 Å². The van der Waals surface area contributed by atoms with Crippen molar-refractivity contribution < 1.29 is 22.7 Å². The lowest BCUT2D eigenvalue weighted by Gasteiger charge is -2.03. The maximum atomic E-state index is 12.8. The fraction of sp³-hybridized carbons (Fsp3) is 0.250. The molecule has 2 rings (SSSR count). The number of H-pyrrole nitrogens is 1. The van der Waals surface area contributed by atoms with E-state index in [-0.39, 0.29) is 28.5 Å². The number of aldehydes is 1. The fourth-order valence-electron chi connectivity index (χ4n) is 1.99. The molecule has 0 spiro atoms. The van der Waals surface area contributed by atoms with Gasteiger partial charge in [-0.25, -0.2) is 0 Å². The van der Waals surface area contributed by atoms with Crippen LogP contribution >= 0.6 is 0 Å². The molecule has 0 amide bonds. The molecule has 0 fully saturated rings.